The van der Waals surface area contributed by atoms with E-state index in [-0.39, 0.29) is 29.6 Å². The number of phenolic OH excluding ortho intramolecular Hbond substituents is 1. The molecule has 2 aromatic rings. The van der Waals surface area contributed by atoms with E-state index in [0.717, 1.165) is 0 Å². The summed E-state index contributed by atoms with van der Waals surface area (Å²) in [6, 6.07) is 12.3. The van der Waals surface area contributed by atoms with Crippen LogP contribution in [0.15, 0.2) is 53.1 Å². The van der Waals surface area contributed by atoms with E-state index in [1.54, 1.807) is 19.1 Å². The minimum absolute atomic E-state index is 0.0172. The first kappa shape index (κ1) is 20.3. The smallest absolute Gasteiger partial charge is 0.231 e. The van der Waals surface area contributed by atoms with Crippen molar-refractivity contribution in [2.75, 3.05) is 12.4 Å². The van der Waals surface area contributed by atoms with E-state index in [1.165, 1.54) is 47.0 Å². The van der Waals surface area contributed by atoms with Gasteiger partial charge < -0.3 is 14.9 Å². The van der Waals surface area contributed by atoms with Crippen molar-refractivity contribution in [2.45, 2.75) is 25.0 Å². The number of hydrogen-bond donors (Lipinski definition) is 2. The lowest BCUT2D eigenvalue weighted by atomic mass is 9.85. The maximum absolute atomic E-state index is 13.3. The van der Waals surface area contributed by atoms with Gasteiger partial charge in [0.2, 0.25) is 5.91 Å². The number of ether oxygens (including phenoxy) is 1. The number of aromatic hydroxyl groups is 1. The molecule has 2 N–H and O–H groups in total. The number of amides is 1. The van der Waals surface area contributed by atoms with Gasteiger partial charge in [-0.2, -0.15) is 5.26 Å². The predicted molar refractivity (Wildman–Crippen MR) is 109 cm³/mol. The molecule has 2 aliphatic rings. The molecule has 30 heavy (non-hydrogen) atoms. The summed E-state index contributed by atoms with van der Waals surface area (Å²) in [6.45, 7) is 2.16. The van der Waals surface area contributed by atoms with Crippen LogP contribution in [0.2, 0.25) is 0 Å². The fourth-order valence-electron chi connectivity index (χ4n) is 3.86. The van der Waals surface area contributed by atoms with Crippen molar-refractivity contribution in [3.8, 4) is 17.6 Å². The van der Waals surface area contributed by atoms with Gasteiger partial charge in [0.15, 0.2) is 17.2 Å². The highest BCUT2D eigenvalue weighted by molar-refractivity contribution is 8.03. The van der Waals surface area contributed by atoms with Gasteiger partial charge in [-0.3, -0.25) is 9.69 Å². The largest absolute Gasteiger partial charge is 0.504 e. The molecule has 2 aliphatic heterocycles. The van der Waals surface area contributed by atoms with Gasteiger partial charge in [-0.25, -0.2) is 4.39 Å². The second-order valence-electron chi connectivity index (χ2n) is 7.09. The molecule has 1 amide bonds. The number of rotatable bonds is 4. The molecule has 2 heterocycles. The number of nitrogens with zero attached hydrogens (tertiary/aromatic N) is 2. The number of nitriles is 1. The zero-order valence-electron chi connectivity index (χ0n) is 16.1. The van der Waals surface area contributed by atoms with Crippen molar-refractivity contribution in [3.63, 3.8) is 0 Å². The maximum atomic E-state index is 13.3. The van der Waals surface area contributed by atoms with Crippen LogP contribution in [0.25, 0.3) is 0 Å². The summed E-state index contributed by atoms with van der Waals surface area (Å²) < 4.78 is 18.8. The van der Waals surface area contributed by atoms with Crippen LogP contribution >= 0.6 is 11.8 Å². The van der Waals surface area contributed by atoms with Crippen molar-refractivity contribution in [3.05, 3.63) is 70.0 Å². The first-order valence-corrected chi connectivity index (χ1v) is 10.4. The summed E-state index contributed by atoms with van der Waals surface area (Å²) in [5, 5.41) is 31.6. The quantitative estimate of drug-likeness (QED) is 0.776. The summed E-state index contributed by atoms with van der Waals surface area (Å²) in [6.07, 6.45) is -0.0210. The topological polar surface area (TPSA) is 93.8 Å². The number of halogens is 1. The number of fused-ring (bicyclic) bond motifs is 1. The van der Waals surface area contributed by atoms with Gasteiger partial charge >= 0.3 is 0 Å². The Bertz CT molecular complexity index is 1080. The highest BCUT2D eigenvalue weighted by Gasteiger charge is 2.51. The van der Waals surface area contributed by atoms with E-state index in [2.05, 4.69) is 6.07 Å². The molecule has 8 heteroatoms. The minimum atomic E-state index is -1.65. The van der Waals surface area contributed by atoms with Crippen LogP contribution in [-0.4, -0.2) is 33.4 Å². The van der Waals surface area contributed by atoms with Crippen LogP contribution in [0.3, 0.4) is 0 Å². The lowest BCUT2D eigenvalue weighted by Gasteiger charge is -2.38. The molecule has 0 unspecified atom stereocenters. The highest BCUT2D eigenvalue weighted by atomic mass is 32.2. The molecule has 0 saturated carbocycles. The van der Waals surface area contributed by atoms with Gasteiger partial charge in [0.05, 0.1) is 29.0 Å². The zero-order valence-corrected chi connectivity index (χ0v) is 16.9. The van der Waals surface area contributed by atoms with E-state index in [4.69, 9.17) is 4.74 Å². The van der Waals surface area contributed by atoms with Crippen LogP contribution in [0, 0.1) is 17.1 Å². The number of carbonyl (C=O) groups is 1. The fraction of sp³-hybridized carbons (Fsp3) is 0.273. The normalized spacial score (nSPS) is 23.3. The fourth-order valence-corrected chi connectivity index (χ4v) is 5.22. The molecule has 0 aliphatic carbocycles. The first-order chi connectivity index (χ1) is 14.4. The predicted octanol–water partition coefficient (Wildman–Crippen LogP) is 3.57. The lowest BCUT2D eigenvalue weighted by Crippen LogP contribution is -2.48. The van der Waals surface area contributed by atoms with Gasteiger partial charge in [-0.15, -0.1) is 11.8 Å². The van der Waals surface area contributed by atoms with Gasteiger partial charge in [-0.05, 0) is 36.8 Å². The van der Waals surface area contributed by atoms with Crippen LogP contribution in [0.1, 0.15) is 30.4 Å². The number of carbonyl (C=O) groups excluding carboxylic acids is 1. The number of hydrogen-bond acceptors (Lipinski definition) is 6. The molecule has 1 saturated heterocycles. The summed E-state index contributed by atoms with van der Waals surface area (Å²) >= 11 is 1.22. The standard InChI is InChI=1S/C22H19FN2O4S/c1-2-29-19-9-13(3-8-18(19)26)16-10-20(27)25-21(17(16)11-24)30-12-22(25,28)14-4-6-15(23)7-5-14/h3-9,16,26,28H,2,10,12H2,1H3/t16-,22-/m0/s1. The zero-order chi connectivity index (χ0) is 21.5. The summed E-state index contributed by atoms with van der Waals surface area (Å²) in [7, 11) is 0. The number of allylic oxidation sites excluding steroid dienone is 1. The minimum Gasteiger partial charge on any atom is -0.504 e. The van der Waals surface area contributed by atoms with E-state index in [1.807, 2.05) is 0 Å². The molecule has 2 aromatic carbocycles. The Morgan fingerprint density at radius 2 is 2.07 bits per heavy atom. The number of aliphatic hydroxyl groups is 1. The summed E-state index contributed by atoms with van der Waals surface area (Å²) in [4.78, 5) is 14.4. The molecule has 0 spiro atoms. The SMILES string of the molecule is CCOc1cc([C@@H]2CC(=O)N3C(=C2C#N)SC[C@]3(O)c2ccc(F)cc2)ccc1O. The Labute approximate surface area is 177 Å². The van der Waals surface area contributed by atoms with Crippen molar-refractivity contribution in [1.29, 1.82) is 5.26 Å². The van der Waals surface area contributed by atoms with Gasteiger partial charge in [-0.1, -0.05) is 18.2 Å². The molecule has 2 atom stereocenters. The lowest BCUT2D eigenvalue weighted by molar-refractivity contribution is -0.149. The molecular formula is C22H19FN2O4S. The second-order valence-corrected chi connectivity index (χ2v) is 8.05. The average Bonchev–Trinajstić information content (AvgIpc) is 3.09. The van der Waals surface area contributed by atoms with Crippen LogP contribution in [0.4, 0.5) is 4.39 Å². The molecule has 154 valence electrons. The summed E-state index contributed by atoms with van der Waals surface area (Å²) in [5.74, 6) is -0.889. The van der Waals surface area contributed by atoms with Gasteiger partial charge in [0, 0.05) is 17.9 Å². The van der Waals surface area contributed by atoms with Crippen molar-refractivity contribution in [2.24, 2.45) is 0 Å². The molecule has 1 fully saturated rings. The third-order valence-electron chi connectivity index (χ3n) is 5.30. The van der Waals surface area contributed by atoms with Crippen LogP contribution < -0.4 is 4.74 Å². The second kappa shape index (κ2) is 7.67. The van der Waals surface area contributed by atoms with Crippen molar-refractivity contribution >= 4 is 17.7 Å². The highest BCUT2D eigenvalue weighted by Crippen LogP contribution is 2.52. The maximum Gasteiger partial charge on any atom is 0.231 e. The molecule has 4 rings (SSSR count). The van der Waals surface area contributed by atoms with Gasteiger partial charge in [0.25, 0.3) is 0 Å². The third-order valence-corrected chi connectivity index (χ3v) is 6.53. The Balaban J connectivity index is 1.78. The van der Waals surface area contributed by atoms with E-state index in [9.17, 15) is 24.7 Å². The molecule has 0 bridgehead atoms. The van der Waals surface area contributed by atoms with Gasteiger partial charge in [0.1, 0.15) is 5.82 Å². The monoisotopic (exact) mass is 426 g/mol. The number of thioether (sulfide) groups is 1. The van der Waals surface area contributed by atoms with Crippen LogP contribution in [-0.2, 0) is 10.5 Å². The van der Waals surface area contributed by atoms with Crippen molar-refractivity contribution < 1.29 is 24.1 Å². The van der Waals surface area contributed by atoms with Crippen molar-refractivity contribution in [1.82, 2.24) is 4.90 Å². The summed E-state index contributed by atoms with van der Waals surface area (Å²) in [5.41, 5.74) is -0.223. The Morgan fingerprint density at radius 1 is 1.33 bits per heavy atom. The van der Waals surface area contributed by atoms with E-state index in [0.29, 0.717) is 28.3 Å². The molecular weight excluding hydrogens is 407 g/mol. The Kier molecular flexibility index (Phi) is 5.18. The third kappa shape index (κ3) is 3.20. The molecule has 0 aromatic heterocycles. The Hall–Kier alpha value is -3.02. The number of benzene rings is 2. The average molecular weight is 426 g/mol. The molecule has 0 radical (unpaired) electrons. The number of phenols is 1. The molecule has 6 nitrogen and oxygen atoms in total. The Morgan fingerprint density at radius 3 is 2.73 bits per heavy atom. The van der Waals surface area contributed by atoms with E-state index < -0.39 is 17.5 Å². The van der Waals surface area contributed by atoms with E-state index >= 15 is 0 Å². The van der Waals surface area contributed by atoms with Crippen LogP contribution in [0.5, 0.6) is 11.5 Å². The first-order valence-electron chi connectivity index (χ1n) is 9.43.